The maximum Gasteiger partial charge on any atom is 0.191 e. The summed E-state index contributed by atoms with van der Waals surface area (Å²) in [6.07, 6.45) is 4.32. The second-order valence-corrected chi connectivity index (χ2v) is 7.50. The molecule has 0 saturated heterocycles. The average molecular weight is 380 g/mol. The first-order valence-electron chi connectivity index (χ1n) is 10.1. The Morgan fingerprint density at radius 1 is 1.37 bits per heavy atom. The lowest BCUT2D eigenvalue weighted by molar-refractivity contribution is 0.177. The molecule has 0 spiro atoms. The van der Waals surface area contributed by atoms with Crippen molar-refractivity contribution in [2.45, 2.75) is 64.8 Å². The Morgan fingerprint density at radius 3 is 2.70 bits per heavy atom. The molecule has 2 heterocycles. The minimum Gasteiger partial charge on any atom is -0.377 e. The van der Waals surface area contributed by atoms with Crippen LogP contribution in [-0.2, 0) is 24.3 Å². The topological polar surface area (TPSA) is 79.6 Å². The van der Waals surface area contributed by atoms with Gasteiger partial charge in [-0.3, -0.25) is 4.99 Å². The van der Waals surface area contributed by atoms with Crippen molar-refractivity contribution >= 4 is 5.96 Å². The summed E-state index contributed by atoms with van der Waals surface area (Å²) in [7, 11) is 7.82. The number of nitrogens with one attached hydrogen (secondary N) is 2. The van der Waals surface area contributed by atoms with Crippen LogP contribution in [0.25, 0.3) is 0 Å². The van der Waals surface area contributed by atoms with Gasteiger partial charge < -0.3 is 20.3 Å². The van der Waals surface area contributed by atoms with Gasteiger partial charge in [0.15, 0.2) is 11.8 Å². The summed E-state index contributed by atoms with van der Waals surface area (Å²) in [5.41, 5.74) is 0. The number of methoxy groups -OCH3 is 1. The van der Waals surface area contributed by atoms with Crippen LogP contribution in [0, 0.1) is 5.92 Å². The van der Waals surface area contributed by atoms with Crippen LogP contribution in [0.5, 0.6) is 0 Å². The fraction of sp³-hybridized carbons (Fsp3) is 0.842. The van der Waals surface area contributed by atoms with E-state index in [2.05, 4.69) is 58.6 Å². The van der Waals surface area contributed by atoms with Gasteiger partial charge in [-0.2, -0.15) is 5.10 Å². The van der Waals surface area contributed by atoms with Crippen molar-refractivity contribution in [2.75, 3.05) is 34.8 Å². The monoisotopic (exact) mass is 379 g/mol. The van der Waals surface area contributed by atoms with Crippen molar-refractivity contribution in [3.8, 4) is 0 Å². The van der Waals surface area contributed by atoms with E-state index in [0.29, 0.717) is 24.6 Å². The molecule has 0 radical (unpaired) electrons. The van der Waals surface area contributed by atoms with E-state index in [0.717, 1.165) is 43.5 Å². The number of nitrogens with zero attached hydrogens (tertiary/aromatic N) is 5. The minimum absolute atomic E-state index is 0.298. The molecule has 2 N–H and O–H groups in total. The van der Waals surface area contributed by atoms with Crippen LogP contribution in [0.2, 0.25) is 0 Å². The predicted molar refractivity (Wildman–Crippen MR) is 109 cm³/mol. The van der Waals surface area contributed by atoms with E-state index in [1.165, 1.54) is 12.8 Å². The van der Waals surface area contributed by atoms with Crippen LogP contribution in [0.4, 0.5) is 0 Å². The summed E-state index contributed by atoms with van der Waals surface area (Å²) in [5.74, 6) is 3.34. The normalized spacial score (nSPS) is 18.7. The smallest absolute Gasteiger partial charge is 0.191 e. The van der Waals surface area contributed by atoms with Crippen LogP contribution in [0.15, 0.2) is 4.99 Å². The number of hydrogen-bond acceptors (Lipinski definition) is 5. The second kappa shape index (κ2) is 10.6. The van der Waals surface area contributed by atoms with Gasteiger partial charge in [-0.25, -0.2) is 9.67 Å². The zero-order valence-electron chi connectivity index (χ0n) is 17.8. The Hall–Kier alpha value is -1.67. The molecule has 2 atom stereocenters. The number of ether oxygens (including phenoxy) is 1. The Kier molecular flexibility index (Phi) is 8.50. The van der Waals surface area contributed by atoms with Crippen molar-refractivity contribution in [3.05, 3.63) is 11.6 Å². The van der Waals surface area contributed by atoms with E-state index in [9.17, 15) is 0 Å². The molecule has 1 aliphatic rings. The van der Waals surface area contributed by atoms with Gasteiger partial charge in [-0.1, -0.05) is 26.7 Å². The highest BCUT2D eigenvalue weighted by atomic mass is 16.5. The van der Waals surface area contributed by atoms with E-state index < -0.39 is 0 Å². The largest absolute Gasteiger partial charge is 0.377 e. The van der Waals surface area contributed by atoms with E-state index in [1.807, 2.05) is 11.7 Å². The van der Waals surface area contributed by atoms with E-state index in [1.54, 1.807) is 7.11 Å². The maximum atomic E-state index is 5.14. The van der Waals surface area contributed by atoms with Crippen molar-refractivity contribution in [2.24, 2.45) is 10.9 Å². The Balaban J connectivity index is 1.91. The van der Waals surface area contributed by atoms with Crippen LogP contribution < -0.4 is 10.6 Å². The molecule has 0 aromatic carbocycles. The van der Waals surface area contributed by atoms with Gasteiger partial charge in [0.2, 0.25) is 0 Å². The van der Waals surface area contributed by atoms with Crippen molar-refractivity contribution < 1.29 is 4.74 Å². The SMILES string of the molecule is CCC(CC)C(CNC(=NC)NC1CCc2nc(COC)nn2C1)N(C)C. The highest BCUT2D eigenvalue weighted by molar-refractivity contribution is 5.80. The maximum absolute atomic E-state index is 5.14. The molecule has 2 unspecified atom stereocenters. The fourth-order valence-corrected chi connectivity index (χ4v) is 3.86. The molecule has 1 aliphatic heterocycles. The van der Waals surface area contributed by atoms with Crippen LogP contribution in [0.3, 0.4) is 0 Å². The van der Waals surface area contributed by atoms with E-state index >= 15 is 0 Å². The van der Waals surface area contributed by atoms with Crippen molar-refractivity contribution in [3.63, 3.8) is 0 Å². The zero-order valence-corrected chi connectivity index (χ0v) is 17.8. The summed E-state index contributed by atoms with van der Waals surface area (Å²) >= 11 is 0. The lowest BCUT2D eigenvalue weighted by atomic mass is 9.93. The second-order valence-electron chi connectivity index (χ2n) is 7.50. The van der Waals surface area contributed by atoms with Gasteiger partial charge in [0.05, 0.1) is 6.54 Å². The predicted octanol–water partition coefficient (Wildman–Crippen LogP) is 1.27. The molecule has 8 nitrogen and oxygen atoms in total. The number of fused-ring (bicyclic) bond motifs is 1. The molecule has 0 fully saturated rings. The Labute approximate surface area is 163 Å². The Morgan fingerprint density at radius 2 is 2.11 bits per heavy atom. The van der Waals surface area contributed by atoms with Crippen LogP contribution in [0.1, 0.15) is 44.8 Å². The third-order valence-corrected chi connectivity index (χ3v) is 5.47. The molecule has 0 bridgehead atoms. The molecule has 0 saturated carbocycles. The number of hydrogen-bond donors (Lipinski definition) is 2. The molecule has 8 heteroatoms. The van der Waals surface area contributed by atoms with Gasteiger partial charge in [-0.15, -0.1) is 0 Å². The van der Waals surface area contributed by atoms with Crippen molar-refractivity contribution in [1.29, 1.82) is 0 Å². The number of guanidine groups is 1. The highest BCUT2D eigenvalue weighted by Gasteiger charge is 2.24. The minimum atomic E-state index is 0.298. The molecule has 27 heavy (non-hydrogen) atoms. The van der Waals surface area contributed by atoms with Gasteiger partial charge in [0, 0.05) is 39.2 Å². The lowest BCUT2D eigenvalue weighted by Crippen LogP contribution is -2.51. The first kappa shape index (κ1) is 21.6. The molecule has 1 aromatic rings. The van der Waals surface area contributed by atoms with Gasteiger partial charge >= 0.3 is 0 Å². The van der Waals surface area contributed by atoms with Gasteiger partial charge in [0.1, 0.15) is 12.4 Å². The van der Waals surface area contributed by atoms with Gasteiger partial charge in [0.25, 0.3) is 0 Å². The summed E-state index contributed by atoms with van der Waals surface area (Å²) < 4.78 is 7.13. The number of aromatic nitrogens is 3. The number of aryl methyl sites for hydroxylation is 1. The van der Waals surface area contributed by atoms with Crippen molar-refractivity contribution in [1.82, 2.24) is 30.3 Å². The third kappa shape index (κ3) is 5.90. The Bertz CT molecular complexity index is 595. The van der Waals surface area contributed by atoms with Crippen LogP contribution >= 0.6 is 0 Å². The first-order valence-corrected chi connectivity index (χ1v) is 10.1. The standard InChI is InChI=1S/C19H37N7O/c1-7-14(8-2)16(25(4)5)11-21-19(20-3)22-15-9-10-18-23-17(13-27-6)24-26(18)12-15/h14-16H,7-13H2,1-6H3,(H2,20,21,22). The summed E-state index contributed by atoms with van der Waals surface area (Å²) in [6, 6.07) is 0.787. The fourth-order valence-electron chi connectivity index (χ4n) is 3.86. The quantitative estimate of drug-likeness (QED) is 0.497. The molecule has 0 amide bonds. The summed E-state index contributed by atoms with van der Waals surface area (Å²) in [5, 5.41) is 11.6. The van der Waals surface area contributed by atoms with E-state index in [-0.39, 0.29) is 0 Å². The molecule has 154 valence electrons. The molecular weight excluding hydrogens is 342 g/mol. The lowest BCUT2D eigenvalue weighted by Gasteiger charge is -2.32. The van der Waals surface area contributed by atoms with E-state index in [4.69, 9.17) is 4.74 Å². The summed E-state index contributed by atoms with van der Waals surface area (Å²) in [4.78, 5) is 11.3. The molecule has 0 aliphatic carbocycles. The number of likely N-dealkylation sites (N-methyl/N-ethyl adjacent to an activating group) is 1. The zero-order chi connectivity index (χ0) is 19.8. The first-order chi connectivity index (χ1) is 13.0. The molecule has 1 aromatic heterocycles. The van der Waals surface area contributed by atoms with Gasteiger partial charge in [-0.05, 0) is 26.4 Å². The summed E-state index contributed by atoms with van der Waals surface area (Å²) in [6.45, 7) is 6.69. The highest BCUT2D eigenvalue weighted by Crippen LogP contribution is 2.16. The molecular formula is C19H37N7O. The number of aliphatic imine (C=N–C) groups is 1. The number of rotatable bonds is 9. The van der Waals surface area contributed by atoms with Crippen LogP contribution in [-0.4, -0.2) is 72.5 Å². The average Bonchev–Trinajstić information content (AvgIpc) is 3.05. The molecule has 2 rings (SSSR count). The third-order valence-electron chi connectivity index (χ3n) is 5.47.